The topological polar surface area (TPSA) is 56.2 Å². The van der Waals surface area contributed by atoms with Crippen LogP contribution < -0.4 is 10.1 Å². The third-order valence-electron chi connectivity index (χ3n) is 4.56. The second kappa shape index (κ2) is 7.96. The number of nitrogens with one attached hydrogen (secondary N) is 1. The van der Waals surface area contributed by atoms with Gasteiger partial charge in [0, 0.05) is 23.9 Å². The van der Waals surface area contributed by atoms with Gasteiger partial charge in [-0.15, -0.1) is 11.3 Å². The predicted molar refractivity (Wildman–Crippen MR) is 110 cm³/mol. The Morgan fingerprint density at radius 1 is 1.19 bits per heavy atom. The summed E-state index contributed by atoms with van der Waals surface area (Å²) in [6.07, 6.45) is 0. The number of hydrogen-bond donors (Lipinski definition) is 1. The van der Waals surface area contributed by atoms with Crippen molar-refractivity contribution in [1.82, 2.24) is 9.78 Å². The van der Waals surface area contributed by atoms with Crippen molar-refractivity contribution in [2.45, 2.75) is 47.8 Å². The lowest BCUT2D eigenvalue weighted by Crippen LogP contribution is -2.11. The second-order valence-electron chi connectivity index (χ2n) is 6.75. The lowest BCUT2D eigenvalue weighted by Gasteiger charge is -2.11. The van der Waals surface area contributed by atoms with Crippen LogP contribution in [0.4, 0.5) is 5.82 Å². The highest BCUT2D eigenvalue weighted by atomic mass is 32.1. The molecule has 6 heteroatoms. The van der Waals surface area contributed by atoms with Crippen LogP contribution in [0.25, 0.3) is 0 Å². The molecule has 0 spiro atoms. The highest BCUT2D eigenvalue weighted by molar-refractivity contribution is 7.12. The molecule has 5 nitrogen and oxygen atoms in total. The number of hydrogen-bond acceptors (Lipinski definition) is 4. The molecule has 0 fully saturated rings. The summed E-state index contributed by atoms with van der Waals surface area (Å²) in [6.45, 7) is 11.4. The fourth-order valence-corrected chi connectivity index (χ4v) is 3.74. The zero-order chi connectivity index (χ0) is 19.6. The van der Waals surface area contributed by atoms with E-state index >= 15 is 0 Å². The molecule has 0 radical (unpaired) electrons. The first-order valence-electron chi connectivity index (χ1n) is 9.01. The highest BCUT2D eigenvalue weighted by Gasteiger charge is 2.13. The maximum absolute atomic E-state index is 12.5. The summed E-state index contributed by atoms with van der Waals surface area (Å²) < 4.78 is 7.85. The van der Waals surface area contributed by atoms with Crippen LogP contribution in [0.3, 0.4) is 0 Å². The Kier molecular flexibility index (Phi) is 5.65. The lowest BCUT2D eigenvalue weighted by molar-refractivity contribution is 0.103. The van der Waals surface area contributed by atoms with Crippen LogP contribution in [0.1, 0.15) is 44.5 Å². The Balaban J connectivity index is 1.65. The van der Waals surface area contributed by atoms with Gasteiger partial charge >= 0.3 is 0 Å². The van der Waals surface area contributed by atoms with E-state index in [0.29, 0.717) is 17.3 Å². The van der Waals surface area contributed by atoms with Crippen LogP contribution in [-0.4, -0.2) is 15.7 Å². The van der Waals surface area contributed by atoms with Gasteiger partial charge in [-0.25, -0.2) is 0 Å². The van der Waals surface area contributed by atoms with E-state index in [2.05, 4.69) is 43.3 Å². The van der Waals surface area contributed by atoms with Crippen LogP contribution in [0.2, 0.25) is 0 Å². The molecule has 0 aliphatic rings. The Morgan fingerprint density at radius 3 is 2.67 bits per heavy atom. The summed E-state index contributed by atoms with van der Waals surface area (Å²) in [6, 6.07) is 7.95. The normalized spacial score (nSPS) is 10.9. The maximum Gasteiger partial charge on any atom is 0.266 e. The van der Waals surface area contributed by atoms with Crippen molar-refractivity contribution in [3.8, 4) is 5.75 Å². The molecule has 27 heavy (non-hydrogen) atoms. The van der Waals surface area contributed by atoms with E-state index in [1.165, 1.54) is 22.5 Å². The minimum absolute atomic E-state index is 0.144. The van der Waals surface area contributed by atoms with Crippen molar-refractivity contribution in [3.63, 3.8) is 0 Å². The molecular formula is C21H25N3O2S. The molecule has 3 rings (SSSR count). The number of amides is 1. The summed E-state index contributed by atoms with van der Waals surface area (Å²) in [5.41, 5.74) is 5.56. The first-order chi connectivity index (χ1) is 12.9. The third kappa shape index (κ3) is 4.39. The second-order valence-corrected chi connectivity index (χ2v) is 7.66. The number of benzene rings is 1. The average molecular weight is 384 g/mol. The zero-order valence-electron chi connectivity index (χ0n) is 16.4. The van der Waals surface area contributed by atoms with Gasteiger partial charge in [0.05, 0.1) is 4.88 Å². The molecule has 0 unspecified atom stereocenters. The molecule has 2 aromatic heterocycles. The minimum Gasteiger partial charge on any atom is -0.489 e. The Bertz CT molecular complexity index is 972. The van der Waals surface area contributed by atoms with Gasteiger partial charge in [-0.2, -0.15) is 5.10 Å². The van der Waals surface area contributed by atoms with E-state index in [9.17, 15) is 4.79 Å². The first-order valence-corrected chi connectivity index (χ1v) is 9.89. The van der Waals surface area contributed by atoms with Gasteiger partial charge in [-0.1, -0.05) is 6.07 Å². The van der Waals surface area contributed by atoms with Gasteiger partial charge in [0.1, 0.15) is 12.4 Å². The number of anilines is 1. The number of rotatable bonds is 6. The molecular weight excluding hydrogens is 358 g/mol. The maximum atomic E-state index is 12.5. The summed E-state index contributed by atoms with van der Waals surface area (Å²) in [5.74, 6) is 1.33. The Morgan fingerprint density at radius 2 is 1.96 bits per heavy atom. The molecule has 0 saturated heterocycles. The fourth-order valence-electron chi connectivity index (χ4n) is 2.95. The molecule has 142 valence electrons. The van der Waals surface area contributed by atoms with Gasteiger partial charge < -0.3 is 10.1 Å². The fraction of sp³-hybridized carbons (Fsp3) is 0.333. The lowest BCUT2D eigenvalue weighted by atomic mass is 10.1. The van der Waals surface area contributed by atoms with Crippen molar-refractivity contribution in [1.29, 1.82) is 0 Å². The molecule has 0 aliphatic carbocycles. The van der Waals surface area contributed by atoms with E-state index in [4.69, 9.17) is 4.74 Å². The first kappa shape index (κ1) is 19.2. The smallest absolute Gasteiger partial charge is 0.266 e. The molecule has 0 saturated carbocycles. The van der Waals surface area contributed by atoms with Crippen molar-refractivity contribution < 1.29 is 9.53 Å². The number of ether oxygens (including phenoxy) is 1. The molecule has 0 atom stereocenters. The third-order valence-corrected chi connectivity index (χ3v) is 5.54. The molecule has 0 aliphatic heterocycles. The monoisotopic (exact) mass is 383 g/mol. The van der Waals surface area contributed by atoms with E-state index < -0.39 is 0 Å². The number of nitrogens with zero attached hydrogens (tertiary/aromatic N) is 2. The summed E-state index contributed by atoms with van der Waals surface area (Å²) >= 11 is 1.41. The van der Waals surface area contributed by atoms with Gasteiger partial charge in [-0.3, -0.25) is 9.48 Å². The quantitative estimate of drug-likeness (QED) is 0.649. The molecule has 0 bridgehead atoms. The van der Waals surface area contributed by atoms with E-state index in [0.717, 1.165) is 29.1 Å². The zero-order valence-corrected chi connectivity index (χ0v) is 17.2. The van der Waals surface area contributed by atoms with Crippen molar-refractivity contribution >= 4 is 23.1 Å². The van der Waals surface area contributed by atoms with E-state index in [-0.39, 0.29) is 5.91 Å². The number of aryl methyl sites for hydroxylation is 4. The summed E-state index contributed by atoms with van der Waals surface area (Å²) in [5, 5.41) is 9.19. The minimum atomic E-state index is -0.144. The van der Waals surface area contributed by atoms with Crippen LogP contribution in [0.15, 0.2) is 29.6 Å². The van der Waals surface area contributed by atoms with Gasteiger partial charge in [-0.05, 0) is 68.8 Å². The predicted octanol–water partition coefficient (Wildman–Crippen LogP) is 5.03. The standard InChI is InChI=1S/C21H25N3O2S/c1-6-24-15(4)9-20(23-24)22-21(25)19-10-17(12-27-19)11-26-18-8-13(2)7-14(3)16(18)5/h7-10,12H,6,11H2,1-5H3,(H,22,23,25). The van der Waals surface area contributed by atoms with E-state index in [1.54, 1.807) is 0 Å². The van der Waals surface area contributed by atoms with Crippen LogP contribution >= 0.6 is 11.3 Å². The van der Waals surface area contributed by atoms with Crippen molar-refractivity contribution in [3.05, 3.63) is 62.5 Å². The van der Waals surface area contributed by atoms with Gasteiger partial charge in [0.2, 0.25) is 0 Å². The summed E-state index contributed by atoms with van der Waals surface area (Å²) in [4.78, 5) is 13.1. The largest absolute Gasteiger partial charge is 0.489 e. The van der Waals surface area contributed by atoms with Crippen LogP contribution in [-0.2, 0) is 13.2 Å². The molecule has 2 heterocycles. The van der Waals surface area contributed by atoms with Crippen LogP contribution in [0.5, 0.6) is 5.75 Å². The van der Waals surface area contributed by atoms with Crippen LogP contribution in [0, 0.1) is 27.7 Å². The number of carbonyl (C=O) groups excluding carboxylic acids is 1. The SMILES string of the molecule is CCn1nc(NC(=O)c2cc(COc3cc(C)cc(C)c3C)cs2)cc1C. The molecule has 3 aromatic rings. The molecule has 1 aromatic carbocycles. The van der Waals surface area contributed by atoms with Gasteiger partial charge in [0.25, 0.3) is 5.91 Å². The summed E-state index contributed by atoms with van der Waals surface area (Å²) in [7, 11) is 0. The average Bonchev–Trinajstić information content (AvgIpc) is 3.23. The van der Waals surface area contributed by atoms with Crippen molar-refractivity contribution in [2.24, 2.45) is 0 Å². The molecule has 1 N–H and O–H groups in total. The van der Waals surface area contributed by atoms with E-state index in [1.807, 2.05) is 36.0 Å². The Hall–Kier alpha value is -2.60. The van der Waals surface area contributed by atoms with Gasteiger partial charge in [0.15, 0.2) is 5.82 Å². The van der Waals surface area contributed by atoms with Crippen molar-refractivity contribution in [2.75, 3.05) is 5.32 Å². The highest BCUT2D eigenvalue weighted by Crippen LogP contribution is 2.25. The number of thiophene rings is 1. The Labute approximate surface area is 164 Å². The molecule has 1 amide bonds. The number of aromatic nitrogens is 2. The number of carbonyl (C=O) groups is 1.